The van der Waals surface area contributed by atoms with Gasteiger partial charge in [0.05, 0.1) is 0 Å². The van der Waals surface area contributed by atoms with Crippen molar-refractivity contribution in [2.24, 2.45) is 0 Å². The molecule has 7 heteroatoms. The van der Waals surface area contributed by atoms with Gasteiger partial charge in [-0.3, -0.25) is 9.59 Å². The standard InChI is InChI=1S/C28H28N4O3/c1-17-13-18(2)32-28(34)25(17)16-31-27(33)21-9-7-20(8-10-21)19(3)35-24-6-4-5-22(14-24)23-11-12-26(29)30-15-23/h4-15,19H,16H2,1-3H3,(H2,29,30)(H,31,33)(H,32,34)/t19-/m0/s1. The molecule has 1 amide bonds. The van der Waals surface area contributed by atoms with Crippen LogP contribution in [0.1, 0.15) is 45.8 Å². The Morgan fingerprint density at radius 3 is 2.51 bits per heavy atom. The summed E-state index contributed by atoms with van der Waals surface area (Å²) in [5.41, 5.74) is 11.1. The maximum atomic E-state index is 12.6. The van der Waals surface area contributed by atoms with Crippen LogP contribution in [0.5, 0.6) is 5.75 Å². The van der Waals surface area contributed by atoms with E-state index >= 15 is 0 Å². The van der Waals surface area contributed by atoms with E-state index in [0.717, 1.165) is 33.7 Å². The lowest BCUT2D eigenvalue weighted by molar-refractivity contribution is 0.0950. The van der Waals surface area contributed by atoms with Crippen LogP contribution in [-0.4, -0.2) is 15.9 Å². The average molecular weight is 469 g/mol. The van der Waals surface area contributed by atoms with Crippen molar-refractivity contribution >= 4 is 11.7 Å². The van der Waals surface area contributed by atoms with Crippen molar-refractivity contribution in [1.29, 1.82) is 0 Å². The third-order valence-corrected chi connectivity index (χ3v) is 5.83. The lowest BCUT2D eigenvalue weighted by Crippen LogP contribution is -2.27. The number of hydrogen-bond donors (Lipinski definition) is 3. The van der Waals surface area contributed by atoms with E-state index in [0.29, 0.717) is 16.9 Å². The molecule has 178 valence electrons. The van der Waals surface area contributed by atoms with Crippen LogP contribution < -0.4 is 21.3 Å². The number of H-pyrrole nitrogens is 1. The SMILES string of the molecule is Cc1cc(C)c(CNC(=O)c2ccc([C@H](C)Oc3cccc(-c4ccc(N)nc4)c3)cc2)c(=O)[nH]1. The molecule has 0 aliphatic rings. The summed E-state index contributed by atoms with van der Waals surface area (Å²) in [5.74, 6) is 0.965. The Hall–Kier alpha value is -4.39. The normalized spacial score (nSPS) is 11.6. The number of carbonyl (C=O) groups excluding carboxylic acids is 1. The van der Waals surface area contributed by atoms with Gasteiger partial charge in [0.1, 0.15) is 17.7 Å². The van der Waals surface area contributed by atoms with Gasteiger partial charge >= 0.3 is 0 Å². The molecule has 4 N–H and O–H groups in total. The van der Waals surface area contributed by atoms with E-state index in [9.17, 15) is 9.59 Å². The summed E-state index contributed by atoms with van der Waals surface area (Å²) in [6.45, 7) is 5.82. The first-order valence-electron chi connectivity index (χ1n) is 11.4. The van der Waals surface area contributed by atoms with E-state index in [-0.39, 0.29) is 24.1 Å². The summed E-state index contributed by atoms with van der Waals surface area (Å²) in [6.07, 6.45) is 1.51. The van der Waals surface area contributed by atoms with Gasteiger partial charge in [-0.15, -0.1) is 0 Å². The number of nitrogens with two attached hydrogens (primary N) is 1. The number of anilines is 1. The summed E-state index contributed by atoms with van der Waals surface area (Å²) in [5, 5.41) is 2.83. The molecule has 7 nitrogen and oxygen atoms in total. The van der Waals surface area contributed by atoms with Crippen molar-refractivity contribution in [2.45, 2.75) is 33.4 Å². The summed E-state index contributed by atoms with van der Waals surface area (Å²) in [6, 6.07) is 20.6. The van der Waals surface area contributed by atoms with Gasteiger partial charge < -0.3 is 20.8 Å². The van der Waals surface area contributed by atoms with Gasteiger partial charge in [0, 0.05) is 35.1 Å². The molecule has 0 spiro atoms. The molecule has 0 saturated heterocycles. The van der Waals surface area contributed by atoms with E-state index in [4.69, 9.17) is 10.5 Å². The van der Waals surface area contributed by atoms with E-state index in [1.165, 1.54) is 0 Å². The molecule has 2 heterocycles. The third kappa shape index (κ3) is 5.76. The second-order valence-electron chi connectivity index (χ2n) is 8.51. The molecule has 0 bridgehead atoms. The number of hydrogen-bond acceptors (Lipinski definition) is 5. The van der Waals surface area contributed by atoms with Gasteiger partial charge in [-0.25, -0.2) is 4.98 Å². The molecule has 2 aromatic heterocycles. The Balaban J connectivity index is 1.39. The number of rotatable bonds is 7. The van der Waals surface area contributed by atoms with Gasteiger partial charge in [-0.1, -0.05) is 24.3 Å². The van der Waals surface area contributed by atoms with Gasteiger partial charge in [0.2, 0.25) is 0 Å². The number of aromatic nitrogens is 2. The highest BCUT2D eigenvalue weighted by molar-refractivity contribution is 5.94. The fourth-order valence-corrected chi connectivity index (χ4v) is 3.87. The molecular formula is C28H28N4O3. The Kier molecular flexibility index (Phi) is 6.96. The largest absolute Gasteiger partial charge is 0.486 e. The third-order valence-electron chi connectivity index (χ3n) is 5.83. The van der Waals surface area contributed by atoms with Crippen LogP contribution in [0.3, 0.4) is 0 Å². The van der Waals surface area contributed by atoms with Crippen molar-refractivity contribution in [2.75, 3.05) is 5.73 Å². The quantitative estimate of drug-likeness (QED) is 0.364. The lowest BCUT2D eigenvalue weighted by atomic mass is 10.1. The van der Waals surface area contributed by atoms with E-state index in [1.807, 2.05) is 69.3 Å². The molecule has 0 fully saturated rings. The minimum Gasteiger partial charge on any atom is -0.486 e. The number of pyridine rings is 2. The van der Waals surface area contributed by atoms with Crippen LogP contribution in [0.4, 0.5) is 5.82 Å². The maximum absolute atomic E-state index is 12.6. The number of nitrogens with one attached hydrogen (secondary N) is 2. The average Bonchev–Trinajstić information content (AvgIpc) is 2.84. The highest BCUT2D eigenvalue weighted by Gasteiger charge is 2.12. The molecule has 2 aromatic carbocycles. The summed E-state index contributed by atoms with van der Waals surface area (Å²) < 4.78 is 6.14. The first-order valence-corrected chi connectivity index (χ1v) is 11.4. The maximum Gasteiger partial charge on any atom is 0.253 e. The fraction of sp³-hybridized carbons (Fsp3) is 0.179. The van der Waals surface area contributed by atoms with Crippen molar-refractivity contribution in [1.82, 2.24) is 15.3 Å². The minimum atomic E-state index is -0.241. The van der Waals surface area contributed by atoms with Crippen LogP contribution in [0.2, 0.25) is 0 Å². The zero-order valence-electron chi connectivity index (χ0n) is 20.0. The molecule has 4 rings (SSSR count). The molecule has 1 atom stereocenters. The van der Waals surface area contributed by atoms with E-state index in [2.05, 4.69) is 15.3 Å². The van der Waals surface area contributed by atoms with E-state index in [1.54, 1.807) is 24.4 Å². The topological polar surface area (TPSA) is 110 Å². The van der Waals surface area contributed by atoms with Gasteiger partial charge in [-0.05, 0) is 79.9 Å². The lowest BCUT2D eigenvalue weighted by Gasteiger charge is -2.16. The first kappa shape index (κ1) is 23.8. The predicted molar refractivity (Wildman–Crippen MR) is 137 cm³/mol. The Labute approximate surface area is 204 Å². The van der Waals surface area contributed by atoms with Crippen molar-refractivity contribution < 1.29 is 9.53 Å². The summed E-state index contributed by atoms with van der Waals surface area (Å²) >= 11 is 0. The molecular weight excluding hydrogens is 440 g/mol. The molecule has 0 aliphatic carbocycles. The van der Waals surface area contributed by atoms with Crippen molar-refractivity contribution in [3.63, 3.8) is 0 Å². The zero-order chi connectivity index (χ0) is 24.9. The monoisotopic (exact) mass is 468 g/mol. The van der Waals surface area contributed by atoms with Crippen LogP contribution in [0, 0.1) is 13.8 Å². The molecule has 0 saturated carbocycles. The fourth-order valence-electron chi connectivity index (χ4n) is 3.87. The second kappa shape index (κ2) is 10.3. The van der Waals surface area contributed by atoms with Crippen LogP contribution >= 0.6 is 0 Å². The van der Waals surface area contributed by atoms with Crippen LogP contribution in [0.15, 0.2) is 77.7 Å². The number of carbonyl (C=O) groups is 1. The number of aromatic amines is 1. The number of nitrogen functional groups attached to an aromatic ring is 1. The minimum absolute atomic E-state index is 0.168. The van der Waals surface area contributed by atoms with Gasteiger partial charge in [-0.2, -0.15) is 0 Å². The zero-order valence-corrected chi connectivity index (χ0v) is 20.0. The molecule has 35 heavy (non-hydrogen) atoms. The molecule has 0 radical (unpaired) electrons. The smallest absolute Gasteiger partial charge is 0.253 e. The number of amides is 1. The highest BCUT2D eigenvalue weighted by atomic mass is 16.5. The summed E-state index contributed by atoms with van der Waals surface area (Å²) in [4.78, 5) is 31.7. The van der Waals surface area contributed by atoms with Crippen molar-refractivity contribution in [3.05, 3.63) is 111 Å². The van der Waals surface area contributed by atoms with Gasteiger partial charge in [0.25, 0.3) is 11.5 Å². The first-order chi connectivity index (χ1) is 16.8. The number of ether oxygens (including phenoxy) is 1. The molecule has 0 unspecified atom stereocenters. The molecule has 4 aromatic rings. The Bertz CT molecular complexity index is 1390. The van der Waals surface area contributed by atoms with E-state index < -0.39 is 0 Å². The predicted octanol–water partition coefficient (Wildman–Crippen LogP) is 4.71. The molecule has 0 aliphatic heterocycles. The van der Waals surface area contributed by atoms with Crippen LogP contribution in [-0.2, 0) is 6.54 Å². The van der Waals surface area contributed by atoms with Crippen LogP contribution in [0.25, 0.3) is 11.1 Å². The number of benzene rings is 2. The number of nitrogens with zero attached hydrogens (tertiary/aromatic N) is 1. The number of aryl methyl sites for hydroxylation is 2. The van der Waals surface area contributed by atoms with Gasteiger partial charge in [0.15, 0.2) is 0 Å². The Morgan fingerprint density at radius 1 is 1.06 bits per heavy atom. The highest BCUT2D eigenvalue weighted by Crippen LogP contribution is 2.27. The summed E-state index contributed by atoms with van der Waals surface area (Å²) in [7, 11) is 0. The second-order valence-corrected chi connectivity index (χ2v) is 8.51. The Morgan fingerprint density at radius 2 is 1.83 bits per heavy atom. The van der Waals surface area contributed by atoms with Crippen molar-refractivity contribution in [3.8, 4) is 16.9 Å².